The van der Waals surface area contributed by atoms with Crippen LogP contribution in [0.25, 0.3) is 0 Å². The van der Waals surface area contributed by atoms with Gasteiger partial charge in [-0.15, -0.1) is 0 Å². The van der Waals surface area contributed by atoms with E-state index in [9.17, 15) is 0 Å². The van der Waals surface area contributed by atoms with Crippen molar-refractivity contribution in [3.63, 3.8) is 0 Å². The zero-order valence-corrected chi connectivity index (χ0v) is 16.9. The van der Waals surface area contributed by atoms with Crippen molar-refractivity contribution in [1.29, 1.82) is 0 Å². The Morgan fingerprint density at radius 1 is 0.920 bits per heavy atom. The number of hydrogen-bond donors (Lipinski definition) is 0. The second kappa shape index (κ2) is 7.56. The van der Waals surface area contributed by atoms with Gasteiger partial charge in [0.1, 0.15) is 0 Å². The molecule has 144 valence electrons. The summed E-state index contributed by atoms with van der Waals surface area (Å²) < 4.78 is 29.3. The highest BCUT2D eigenvalue weighted by Crippen LogP contribution is 2.43. The fraction of sp³-hybridized carbons (Fsp3) is 1.00. The van der Waals surface area contributed by atoms with Gasteiger partial charge in [-0.05, 0) is 62.7 Å². The fourth-order valence-electron chi connectivity index (χ4n) is 4.95. The number of epoxide rings is 2. The molecule has 5 nitrogen and oxygen atoms in total. The first-order chi connectivity index (χ1) is 12.1. The average molecular weight is 371 g/mol. The predicted molar refractivity (Wildman–Crippen MR) is 96.3 cm³/mol. The Balaban J connectivity index is 1.24. The quantitative estimate of drug-likeness (QED) is 0.460. The van der Waals surface area contributed by atoms with Gasteiger partial charge in [-0.2, -0.15) is 0 Å². The fourth-order valence-corrected chi connectivity index (χ4v) is 7.21. The average Bonchev–Trinajstić information content (AvgIpc) is 3.55. The van der Waals surface area contributed by atoms with E-state index in [-0.39, 0.29) is 0 Å². The summed E-state index contributed by atoms with van der Waals surface area (Å²) in [5.41, 5.74) is 0. The van der Waals surface area contributed by atoms with Gasteiger partial charge in [0.05, 0.1) is 24.4 Å². The van der Waals surface area contributed by atoms with Crippen LogP contribution in [0.5, 0.6) is 0 Å². The standard InChI is InChI=1S/C19H34O5Si/c1-13(15-5-7-17-19(11-15)24-17)8-9-25(20-2,21-3)22-12-14-4-6-16-18(10-14)23-16/h13-19H,4-12H2,1-3H3. The van der Waals surface area contributed by atoms with E-state index in [2.05, 4.69) is 6.92 Å². The molecular formula is C19H34O5Si. The van der Waals surface area contributed by atoms with Gasteiger partial charge in [0, 0.05) is 26.9 Å². The van der Waals surface area contributed by atoms with Crippen LogP contribution in [0.4, 0.5) is 0 Å². The van der Waals surface area contributed by atoms with E-state index in [0.29, 0.717) is 36.3 Å². The predicted octanol–water partition coefficient (Wildman–Crippen LogP) is 3.40. The van der Waals surface area contributed by atoms with Gasteiger partial charge in [-0.1, -0.05) is 6.92 Å². The van der Waals surface area contributed by atoms with Gasteiger partial charge >= 0.3 is 8.80 Å². The molecular weight excluding hydrogens is 336 g/mol. The molecule has 4 fully saturated rings. The van der Waals surface area contributed by atoms with E-state index in [1.807, 2.05) is 0 Å². The third kappa shape index (κ3) is 4.30. The van der Waals surface area contributed by atoms with Crippen molar-refractivity contribution in [3.8, 4) is 0 Å². The lowest BCUT2D eigenvalue weighted by Crippen LogP contribution is -2.45. The van der Waals surface area contributed by atoms with Crippen LogP contribution in [0, 0.1) is 17.8 Å². The third-order valence-electron chi connectivity index (χ3n) is 7.03. The number of hydrogen-bond acceptors (Lipinski definition) is 5. The van der Waals surface area contributed by atoms with Crippen LogP contribution < -0.4 is 0 Å². The Morgan fingerprint density at radius 3 is 2.24 bits per heavy atom. The van der Waals surface area contributed by atoms with Crippen molar-refractivity contribution >= 4 is 8.80 Å². The van der Waals surface area contributed by atoms with Crippen LogP contribution in [0.2, 0.25) is 6.04 Å². The lowest BCUT2D eigenvalue weighted by molar-refractivity contribution is 0.0733. The van der Waals surface area contributed by atoms with Gasteiger partial charge in [-0.3, -0.25) is 0 Å². The number of rotatable bonds is 9. The van der Waals surface area contributed by atoms with Crippen LogP contribution in [0.15, 0.2) is 0 Å². The zero-order chi connectivity index (χ0) is 17.4. The molecule has 0 spiro atoms. The molecule has 0 aromatic heterocycles. The minimum atomic E-state index is -2.54. The second-order valence-electron chi connectivity index (χ2n) is 8.60. The molecule has 2 saturated carbocycles. The SMILES string of the molecule is CO[Si](CCC(C)C1CCC2OC2C1)(OC)OCC1CCC2OC2C1. The van der Waals surface area contributed by atoms with Crippen LogP contribution in [0.1, 0.15) is 51.9 Å². The van der Waals surface area contributed by atoms with Crippen molar-refractivity contribution in [3.05, 3.63) is 0 Å². The Kier molecular flexibility index (Phi) is 5.56. The van der Waals surface area contributed by atoms with Crippen LogP contribution >= 0.6 is 0 Å². The monoisotopic (exact) mass is 370 g/mol. The molecule has 25 heavy (non-hydrogen) atoms. The van der Waals surface area contributed by atoms with Crippen molar-refractivity contribution < 1.29 is 22.8 Å². The Bertz CT molecular complexity index is 457. The maximum Gasteiger partial charge on any atom is 0.500 e. The Hall–Kier alpha value is 0.0169. The molecule has 2 aliphatic heterocycles. The Morgan fingerprint density at radius 2 is 1.60 bits per heavy atom. The summed E-state index contributed by atoms with van der Waals surface area (Å²) in [6, 6.07) is 0.919. The summed E-state index contributed by atoms with van der Waals surface area (Å²) in [5, 5.41) is 0. The summed E-state index contributed by atoms with van der Waals surface area (Å²) in [4.78, 5) is 0. The van der Waals surface area contributed by atoms with Crippen molar-refractivity contribution in [2.24, 2.45) is 17.8 Å². The van der Waals surface area contributed by atoms with E-state index >= 15 is 0 Å². The Labute approximate surface area is 153 Å². The summed E-state index contributed by atoms with van der Waals surface area (Å²) in [7, 11) is 0.968. The molecule has 4 aliphatic rings. The topological polar surface area (TPSA) is 52.8 Å². The van der Waals surface area contributed by atoms with E-state index in [4.69, 9.17) is 22.8 Å². The third-order valence-corrected chi connectivity index (χ3v) is 9.78. The highest BCUT2D eigenvalue weighted by atomic mass is 28.4. The number of fused-ring (bicyclic) bond motifs is 2. The van der Waals surface area contributed by atoms with Crippen LogP contribution in [-0.4, -0.2) is 54.0 Å². The zero-order valence-electron chi connectivity index (χ0n) is 15.9. The highest BCUT2D eigenvalue weighted by Gasteiger charge is 2.47. The molecule has 0 amide bonds. The number of ether oxygens (including phenoxy) is 2. The smallest absolute Gasteiger partial charge is 0.377 e. The van der Waals surface area contributed by atoms with Gasteiger partial charge < -0.3 is 22.8 Å². The van der Waals surface area contributed by atoms with E-state index in [1.54, 1.807) is 14.2 Å². The van der Waals surface area contributed by atoms with Crippen LogP contribution in [-0.2, 0) is 22.8 Å². The molecule has 2 heterocycles. The first kappa shape index (κ1) is 18.4. The molecule has 0 N–H and O–H groups in total. The summed E-state index contributed by atoms with van der Waals surface area (Å²) in [6.07, 6.45) is 10.7. The molecule has 0 bridgehead atoms. The first-order valence-corrected chi connectivity index (χ1v) is 12.1. The lowest BCUT2D eigenvalue weighted by atomic mass is 9.80. The largest absolute Gasteiger partial charge is 0.500 e. The first-order valence-electron chi connectivity index (χ1n) is 10.2. The van der Waals surface area contributed by atoms with E-state index < -0.39 is 8.80 Å². The van der Waals surface area contributed by atoms with Crippen molar-refractivity contribution in [2.45, 2.75) is 82.3 Å². The molecule has 7 atom stereocenters. The maximum absolute atomic E-state index is 6.32. The molecule has 2 aliphatic carbocycles. The summed E-state index contributed by atoms with van der Waals surface area (Å²) in [5.74, 6) is 2.06. The molecule has 6 heteroatoms. The molecule has 2 saturated heterocycles. The molecule has 7 unspecified atom stereocenters. The molecule has 4 rings (SSSR count). The van der Waals surface area contributed by atoms with E-state index in [0.717, 1.165) is 31.4 Å². The summed E-state index contributed by atoms with van der Waals surface area (Å²) in [6.45, 7) is 3.14. The summed E-state index contributed by atoms with van der Waals surface area (Å²) >= 11 is 0. The second-order valence-corrected chi connectivity index (χ2v) is 11.6. The van der Waals surface area contributed by atoms with Gasteiger partial charge in [0.25, 0.3) is 0 Å². The molecule has 0 aromatic rings. The minimum absolute atomic E-state index is 0.503. The van der Waals surface area contributed by atoms with Crippen molar-refractivity contribution in [2.75, 3.05) is 20.8 Å². The van der Waals surface area contributed by atoms with Gasteiger partial charge in [0.2, 0.25) is 0 Å². The minimum Gasteiger partial charge on any atom is -0.377 e. The van der Waals surface area contributed by atoms with Gasteiger partial charge in [0.15, 0.2) is 0 Å². The van der Waals surface area contributed by atoms with Gasteiger partial charge in [-0.25, -0.2) is 0 Å². The molecule has 0 aromatic carbocycles. The normalized spacial score (nSPS) is 40.9. The van der Waals surface area contributed by atoms with E-state index in [1.165, 1.54) is 32.1 Å². The lowest BCUT2D eigenvalue weighted by Gasteiger charge is -2.32. The van der Waals surface area contributed by atoms with Crippen LogP contribution in [0.3, 0.4) is 0 Å². The van der Waals surface area contributed by atoms with Crippen molar-refractivity contribution in [1.82, 2.24) is 0 Å². The highest BCUT2D eigenvalue weighted by molar-refractivity contribution is 6.60. The maximum atomic E-state index is 6.32. The molecule has 0 radical (unpaired) electrons.